The second kappa shape index (κ2) is 8.10. The van der Waals surface area contributed by atoms with E-state index in [0.29, 0.717) is 5.16 Å². The Morgan fingerprint density at radius 2 is 1.93 bits per heavy atom. The SMILES string of the molecule is CSc1ncc(Cl)c(C(=O)N[C@@H](C)c2cnn(-c3ccc(C)cc3)c2C)n1. The molecule has 0 aliphatic rings. The number of hydrogen-bond acceptors (Lipinski definition) is 5. The average molecular weight is 402 g/mol. The zero-order valence-corrected chi connectivity index (χ0v) is 17.1. The van der Waals surface area contributed by atoms with Gasteiger partial charge in [-0.15, -0.1) is 0 Å². The van der Waals surface area contributed by atoms with Gasteiger partial charge in [0.05, 0.1) is 29.1 Å². The summed E-state index contributed by atoms with van der Waals surface area (Å²) in [5.41, 5.74) is 4.23. The second-order valence-electron chi connectivity index (χ2n) is 6.18. The molecule has 6 nitrogen and oxygen atoms in total. The lowest BCUT2D eigenvalue weighted by Gasteiger charge is -2.14. The number of aryl methyl sites for hydroxylation is 1. The lowest BCUT2D eigenvalue weighted by atomic mass is 10.1. The fraction of sp³-hybridized carbons (Fsp3) is 0.263. The van der Waals surface area contributed by atoms with Crippen molar-refractivity contribution in [3.8, 4) is 5.69 Å². The van der Waals surface area contributed by atoms with Crippen molar-refractivity contribution >= 4 is 29.3 Å². The number of amides is 1. The monoisotopic (exact) mass is 401 g/mol. The number of carbonyl (C=O) groups excluding carboxylic acids is 1. The number of nitrogens with zero attached hydrogens (tertiary/aromatic N) is 4. The van der Waals surface area contributed by atoms with E-state index in [2.05, 4.69) is 20.4 Å². The number of halogens is 1. The largest absolute Gasteiger partial charge is 0.344 e. The fourth-order valence-corrected chi connectivity index (χ4v) is 3.26. The van der Waals surface area contributed by atoms with Crippen LogP contribution >= 0.6 is 23.4 Å². The van der Waals surface area contributed by atoms with Crippen molar-refractivity contribution in [1.82, 2.24) is 25.1 Å². The van der Waals surface area contributed by atoms with Gasteiger partial charge in [0.2, 0.25) is 0 Å². The van der Waals surface area contributed by atoms with Crippen LogP contribution in [0.5, 0.6) is 0 Å². The molecule has 1 atom stereocenters. The Kier molecular flexibility index (Phi) is 5.82. The molecule has 2 aromatic heterocycles. The molecule has 2 heterocycles. The Bertz CT molecular complexity index is 971. The fourth-order valence-electron chi connectivity index (χ4n) is 2.74. The molecule has 0 aliphatic carbocycles. The van der Waals surface area contributed by atoms with Crippen LogP contribution in [0, 0.1) is 13.8 Å². The first-order valence-electron chi connectivity index (χ1n) is 8.39. The molecule has 8 heteroatoms. The van der Waals surface area contributed by atoms with Crippen LogP contribution in [0.1, 0.15) is 40.3 Å². The van der Waals surface area contributed by atoms with Crippen molar-refractivity contribution in [1.29, 1.82) is 0 Å². The number of hydrogen-bond donors (Lipinski definition) is 1. The predicted octanol–water partition coefficient (Wildman–Crippen LogP) is 4.15. The minimum atomic E-state index is -0.340. The molecule has 27 heavy (non-hydrogen) atoms. The highest BCUT2D eigenvalue weighted by Gasteiger charge is 2.20. The summed E-state index contributed by atoms with van der Waals surface area (Å²) in [6.45, 7) is 5.93. The number of benzene rings is 1. The zero-order chi connectivity index (χ0) is 19.6. The summed E-state index contributed by atoms with van der Waals surface area (Å²) in [5, 5.41) is 8.14. The van der Waals surface area contributed by atoms with Gasteiger partial charge >= 0.3 is 0 Å². The maximum absolute atomic E-state index is 12.6. The second-order valence-corrected chi connectivity index (χ2v) is 7.36. The van der Waals surface area contributed by atoms with Gasteiger partial charge in [-0.1, -0.05) is 41.1 Å². The topological polar surface area (TPSA) is 72.7 Å². The van der Waals surface area contributed by atoms with E-state index in [1.807, 2.05) is 56.0 Å². The van der Waals surface area contributed by atoms with Crippen LogP contribution in [0.4, 0.5) is 0 Å². The van der Waals surface area contributed by atoms with Gasteiger partial charge in [-0.2, -0.15) is 5.10 Å². The van der Waals surface area contributed by atoms with Gasteiger partial charge in [0.25, 0.3) is 5.91 Å². The standard InChI is InChI=1S/C19H20ClN5OS/c1-11-5-7-14(8-6-11)25-13(3)15(9-22-25)12(2)23-18(26)17-16(20)10-21-19(24-17)27-4/h5-10,12H,1-4H3,(H,23,26)/t12-/m0/s1. The number of nitrogens with one attached hydrogen (secondary N) is 1. The molecular weight excluding hydrogens is 382 g/mol. The molecule has 0 spiro atoms. The Balaban J connectivity index is 1.82. The van der Waals surface area contributed by atoms with E-state index in [1.54, 1.807) is 6.20 Å². The van der Waals surface area contributed by atoms with Crippen LogP contribution in [-0.4, -0.2) is 31.9 Å². The summed E-state index contributed by atoms with van der Waals surface area (Å²) < 4.78 is 1.86. The molecule has 0 unspecified atom stereocenters. The van der Waals surface area contributed by atoms with Gasteiger partial charge in [0.1, 0.15) is 0 Å². The third-order valence-electron chi connectivity index (χ3n) is 4.26. The summed E-state index contributed by atoms with van der Waals surface area (Å²) in [4.78, 5) is 20.9. The van der Waals surface area contributed by atoms with Gasteiger partial charge in [-0.25, -0.2) is 14.6 Å². The third-order valence-corrected chi connectivity index (χ3v) is 5.10. The molecule has 0 aliphatic heterocycles. The van der Waals surface area contributed by atoms with Crippen molar-refractivity contribution in [2.75, 3.05) is 6.26 Å². The summed E-state index contributed by atoms with van der Waals surface area (Å²) in [7, 11) is 0. The first-order valence-corrected chi connectivity index (χ1v) is 10.00. The van der Waals surface area contributed by atoms with E-state index < -0.39 is 0 Å². The highest BCUT2D eigenvalue weighted by atomic mass is 35.5. The molecule has 0 bridgehead atoms. The minimum Gasteiger partial charge on any atom is -0.344 e. The summed E-state index contributed by atoms with van der Waals surface area (Å²) >= 11 is 7.45. The van der Waals surface area contributed by atoms with Crippen LogP contribution < -0.4 is 5.32 Å². The van der Waals surface area contributed by atoms with Crippen LogP contribution in [0.2, 0.25) is 5.02 Å². The molecule has 3 aromatic rings. The third kappa shape index (κ3) is 4.14. The molecule has 140 valence electrons. The highest BCUT2D eigenvalue weighted by molar-refractivity contribution is 7.98. The lowest BCUT2D eigenvalue weighted by molar-refractivity contribution is 0.0934. The lowest BCUT2D eigenvalue weighted by Crippen LogP contribution is -2.28. The van der Waals surface area contributed by atoms with E-state index in [4.69, 9.17) is 11.6 Å². The Morgan fingerprint density at radius 3 is 2.59 bits per heavy atom. The number of rotatable bonds is 5. The van der Waals surface area contributed by atoms with Crippen molar-refractivity contribution in [2.24, 2.45) is 0 Å². The normalized spacial score (nSPS) is 12.0. The van der Waals surface area contributed by atoms with Crippen LogP contribution in [0.15, 0.2) is 41.8 Å². The maximum Gasteiger partial charge on any atom is 0.272 e. The first-order chi connectivity index (χ1) is 12.9. The van der Waals surface area contributed by atoms with Gasteiger partial charge in [0, 0.05) is 11.3 Å². The maximum atomic E-state index is 12.6. The first kappa shape index (κ1) is 19.4. The molecule has 0 saturated carbocycles. The number of carbonyl (C=O) groups is 1. The van der Waals surface area contributed by atoms with Gasteiger partial charge in [-0.3, -0.25) is 4.79 Å². The van der Waals surface area contributed by atoms with Crippen LogP contribution in [0.25, 0.3) is 5.69 Å². The van der Waals surface area contributed by atoms with Crippen molar-refractivity contribution < 1.29 is 4.79 Å². The van der Waals surface area contributed by atoms with E-state index in [-0.39, 0.29) is 22.7 Å². The Labute approximate surface area is 167 Å². The molecule has 0 radical (unpaired) electrons. The molecule has 0 fully saturated rings. The van der Waals surface area contributed by atoms with Crippen molar-refractivity contribution in [2.45, 2.75) is 32.0 Å². The Morgan fingerprint density at radius 1 is 1.22 bits per heavy atom. The van der Waals surface area contributed by atoms with Gasteiger partial charge < -0.3 is 5.32 Å². The number of aromatic nitrogens is 4. The van der Waals surface area contributed by atoms with E-state index in [1.165, 1.54) is 23.5 Å². The number of thioether (sulfide) groups is 1. The van der Waals surface area contributed by atoms with E-state index >= 15 is 0 Å². The molecule has 3 rings (SSSR count). The molecule has 1 amide bonds. The molecule has 0 saturated heterocycles. The molecule has 1 N–H and O–H groups in total. The molecular formula is C19H20ClN5OS. The highest BCUT2D eigenvalue weighted by Crippen LogP contribution is 2.22. The summed E-state index contributed by atoms with van der Waals surface area (Å²) in [6, 6.07) is 7.88. The van der Waals surface area contributed by atoms with Crippen LogP contribution in [0.3, 0.4) is 0 Å². The Hall–Kier alpha value is -2.38. The quantitative estimate of drug-likeness (QED) is 0.513. The summed E-state index contributed by atoms with van der Waals surface area (Å²) in [5.74, 6) is -0.340. The van der Waals surface area contributed by atoms with Gasteiger partial charge in [-0.05, 0) is 39.2 Å². The van der Waals surface area contributed by atoms with E-state index in [0.717, 1.165) is 16.9 Å². The van der Waals surface area contributed by atoms with Crippen molar-refractivity contribution in [3.05, 3.63) is 64.2 Å². The van der Waals surface area contributed by atoms with Crippen LogP contribution in [-0.2, 0) is 0 Å². The van der Waals surface area contributed by atoms with E-state index in [9.17, 15) is 4.79 Å². The molecule has 1 aromatic carbocycles. The average Bonchev–Trinajstić information content (AvgIpc) is 3.04. The predicted molar refractivity (Wildman–Crippen MR) is 108 cm³/mol. The zero-order valence-electron chi connectivity index (χ0n) is 15.5. The van der Waals surface area contributed by atoms with Crippen molar-refractivity contribution in [3.63, 3.8) is 0 Å². The smallest absolute Gasteiger partial charge is 0.272 e. The summed E-state index contributed by atoms with van der Waals surface area (Å²) in [6.07, 6.45) is 5.06. The van der Waals surface area contributed by atoms with Gasteiger partial charge in [0.15, 0.2) is 10.9 Å². The minimum absolute atomic E-state index is 0.173.